The van der Waals surface area contributed by atoms with Crippen LogP contribution in [0.3, 0.4) is 0 Å². The molecule has 5 heteroatoms. The number of pyridine rings is 1. The molecule has 156 valence electrons. The molecule has 1 aliphatic carbocycles. The van der Waals surface area contributed by atoms with Crippen molar-refractivity contribution in [2.24, 2.45) is 5.92 Å². The summed E-state index contributed by atoms with van der Waals surface area (Å²) in [6.45, 7) is 0.559. The van der Waals surface area contributed by atoms with Gasteiger partial charge in [0.1, 0.15) is 24.2 Å². The van der Waals surface area contributed by atoms with Gasteiger partial charge in [0.2, 0.25) is 5.89 Å². The highest BCUT2D eigenvalue weighted by Crippen LogP contribution is 2.36. The van der Waals surface area contributed by atoms with Gasteiger partial charge in [-0.25, -0.2) is 4.98 Å². The number of benzene rings is 2. The second kappa shape index (κ2) is 8.74. The summed E-state index contributed by atoms with van der Waals surface area (Å²) in [5.41, 5.74) is 4.40. The average Bonchev–Trinajstić information content (AvgIpc) is 3.33. The quantitative estimate of drug-likeness (QED) is 0.474. The first-order chi connectivity index (χ1) is 15.3. The molecule has 5 rings (SSSR count). The summed E-state index contributed by atoms with van der Waals surface area (Å²) >= 11 is 0. The largest absolute Gasteiger partial charge is 0.489 e. The SMILES string of the molecule is OC(c1ncc(-c2ccccn2)o1)C1CCc2cc(OCc3ccccc3)ccc2C1. The maximum atomic E-state index is 10.9. The number of aromatic nitrogens is 2. The first-order valence-electron chi connectivity index (χ1n) is 10.6. The van der Waals surface area contributed by atoms with Crippen molar-refractivity contribution in [2.45, 2.75) is 32.0 Å². The smallest absolute Gasteiger partial charge is 0.224 e. The molecule has 2 unspecified atom stereocenters. The molecular weight excluding hydrogens is 388 g/mol. The lowest BCUT2D eigenvalue weighted by Crippen LogP contribution is -2.21. The fourth-order valence-electron chi connectivity index (χ4n) is 4.11. The monoisotopic (exact) mass is 412 g/mol. The van der Waals surface area contributed by atoms with E-state index in [4.69, 9.17) is 9.15 Å². The molecule has 0 bridgehead atoms. The van der Waals surface area contributed by atoms with Crippen LogP contribution in [0.25, 0.3) is 11.5 Å². The van der Waals surface area contributed by atoms with E-state index in [-0.39, 0.29) is 5.92 Å². The van der Waals surface area contributed by atoms with Crippen molar-refractivity contribution in [3.63, 3.8) is 0 Å². The van der Waals surface area contributed by atoms with Gasteiger partial charge in [-0.15, -0.1) is 0 Å². The highest BCUT2D eigenvalue weighted by atomic mass is 16.5. The van der Waals surface area contributed by atoms with E-state index in [0.29, 0.717) is 24.0 Å². The topological polar surface area (TPSA) is 68.4 Å². The summed E-state index contributed by atoms with van der Waals surface area (Å²) in [5, 5.41) is 10.9. The Morgan fingerprint density at radius 3 is 2.71 bits per heavy atom. The van der Waals surface area contributed by atoms with E-state index in [1.165, 1.54) is 11.1 Å². The molecule has 31 heavy (non-hydrogen) atoms. The van der Waals surface area contributed by atoms with Crippen LogP contribution in [0.15, 0.2) is 83.5 Å². The predicted octanol–water partition coefficient (Wildman–Crippen LogP) is 5.15. The molecule has 0 radical (unpaired) electrons. The molecule has 0 saturated carbocycles. The van der Waals surface area contributed by atoms with Crippen molar-refractivity contribution >= 4 is 0 Å². The summed E-state index contributed by atoms with van der Waals surface area (Å²) in [6, 6.07) is 22.0. The zero-order valence-corrected chi connectivity index (χ0v) is 17.1. The lowest BCUT2D eigenvalue weighted by Gasteiger charge is -2.27. The number of nitrogens with zero attached hydrogens (tertiary/aromatic N) is 2. The Morgan fingerprint density at radius 1 is 1.00 bits per heavy atom. The maximum Gasteiger partial charge on any atom is 0.224 e. The number of rotatable bonds is 6. The van der Waals surface area contributed by atoms with Crippen LogP contribution >= 0.6 is 0 Å². The number of oxazole rings is 1. The van der Waals surface area contributed by atoms with Crippen LogP contribution in [0.5, 0.6) is 5.75 Å². The summed E-state index contributed by atoms with van der Waals surface area (Å²) in [6.07, 6.45) is 5.17. The Kier molecular flexibility index (Phi) is 5.50. The lowest BCUT2D eigenvalue weighted by molar-refractivity contribution is 0.0737. The van der Waals surface area contributed by atoms with Gasteiger partial charge in [-0.2, -0.15) is 0 Å². The van der Waals surface area contributed by atoms with Gasteiger partial charge in [0.05, 0.1) is 6.20 Å². The predicted molar refractivity (Wildman–Crippen MR) is 117 cm³/mol. The van der Waals surface area contributed by atoms with E-state index >= 15 is 0 Å². The number of ether oxygens (including phenoxy) is 1. The van der Waals surface area contributed by atoms with Gasteiger partial charge in [-0.05, 0) is 66.1 Å². The Balaban J connectivity index is 1.25. The Bertz CT molecular complexity index is 1140. The molecule has 2 atom stereocenters. The van der Waals surface area contributed by atoms with Gasteiger partial charge in [-0.3, -0.25) is 4.98 Å². The molecule has 0 fully saturated rings. The molecule has 1 N–H and O–H groups in total. The lowest BCUT2D eigenvalue weighted by atomic mass is 9.81. The van der Waals surface area contributed by atoms with E-state index in [2.05, 4.69) is 34.2 Å². The van der Waals surface area contributed by atoms with Crippen molar-refractivity contribution in [1.29, 1.82) is 0 Å². The molecule has 0 spiro atoms. The summed E-state index contributed by atoms with van der Waals surface area (Å²) in [5.74, 6) is 1.89. The second-order valence-electron chi connectivity index (χ2n) is 7.93. The molecule has 0 amide bonds. The van der Waals surface area contributed by atoms with Crippen molar-refractivity contribution in [2.75, 3.05) is 0 Å². The molecule has 0 aliphatic heterocycles. The molecule has 0 saturated heterocycles. The van der Waals surface area contributed by atoms with Crippen molar-refractivity contribution < 1.29 is 14.3 Å². The van der Waals surface area contributed by atoms with Crippen LogP contribution in [0.1, 0.15) is 35.1 Å². The van der Waals surface area contributed by atoms with Crippen molar-refractivity contribution in [3.8, 4) is 17.2 Å². The minimum Gasteiger partial charge on any atom is -0.489 e. The summed E-state index contributed by atoms with van der Waals surface area (Å²) in [4.78, 5) is 8.59. The maximum absolute atomic E-state index is 10.9. The first-order valence-corrected chi connectivity index (χ1v) is 10.6. The van der Waals surface area contributed by atoms with Gasteiger partial charge >= 0.3 is 0 Å². The number of hydrogen-bond acceptors (Lipinski definition) is 5. The number of aryl methyl sites for hydroxylation is 1. The molecule has 2 heterocycles. The Morgan fingerprint density at radius 2 is 1.87 bits per heavy atom. The van der Waals surface area contributed by atoms with Crippen molar-refractivity contribution in [1.82, 2.24) is 9.97 Å². The third-order valence-electron chi connectivity index (χ3n) is 5.83. The van der Waals surface area contributed by atoms with Crippen LogP contribution in [-0.2, 0) is 19.4 Å². The number of hydrogen-bond donors (Lipinski definition) is 1. The summed E-state index contributed by atoms with van der Waals surface area (Å²) in [7, 11) is 0. The molecular formula is C26H24N2O3. The third kappa shape index (κ3) is 4.37. The van der Waals surface area contributed by atoms with E-state index in [0.717, 1.165) is 30.6 Å². The standard InChI is InChI=1S/C26H24N2O3/c29-25(26-28-16-24(31-26)23-8-4-5-13-27-23)21-10-9-20-15-22(12-11-19(20)14-21)30-17-18-6-2-1-3-7-18/h1-8,11-13,15-16,21,25,29H,9-10,14,17H2. The van der Waals surface area contributed by atoms with Crippen LogP contribution in [0.4, 0.5) is 0 Å². The fraction of sp³-hybridized carbons (Fsp3) is 0.231. The highest BCUT2D eigenvalue weighted by molar-refractivity contribution is 5.50. The molecule has 1 aliphatic rings. The number of aliphatic hydroxyl groups is 1. The zero-order chi connectivity index (χ0) is 21.0. The molecule has 4 aromatic rings. The Hall–Kier alpha value is -3.44. The first kappa shape index (κ1) is 19.5. The van der Waals surface area contributed by atoms with E-state index < -0.39 is 6.10 Å². The van der Waals surface area contributed by atoms with E-state index in [1.54, 1.807) is 12.4 Å². The second-order valence-corrected chi connectivity index (χ2v) is 7.93. The van der Waals surface area contributed by atoms with Crippen LogP contribution in [-0.4, -0.2) is 15.1 Å². The average molecular weight is 412 g/mol. The minimum absolute atomic E-state index is 0.0684. The van der Waals surface area contributed by atoms with Gasteiger partial charge in [0.15, 0.2) is 5.76 Å². The normalized spacial score (nSPS) is 16.5. The minimum atomic E-state index is -0.736. The van der Waals surface area contributed by atoms with E-state index in [9.17, 15) is 5.11 Å². The van der Waals surface area contributed by atoms with Gasteiger partial charge < -0.3 is 14.3 Å². The van der Waals surface area contributed by atoms with Gasteiger partial charge in [0.25, 0.3) is 0 Å². The van der Waals surface area contributed by atoms with Gasteiger partial charge in [-0.1, -0.05) is 42.5 Å². The van der Waals surface area contributed by atoms with E-state index in [1.807, 2.05) is 42.5 Å². The zero-order valence-electron chi connectivity index (χ0n) is 17.1. The number of fused-ring (bicyclic) bond motifs is 1. The van der Waals surface area contributed by atoms with Crippen LogP contribution in [0.2, 0.25) is 0 Å². The highest BCUT2D eigenvalue weighted by Gasteiger charge is 2.29. The van der Waals surface area contributed by atoms with Crippen LogP contribution in [0, 0.1) is 5.92 Å². The fourth-order valence-corrected chi connectivity index (χ4v) is 4.11. The molecule has 2 aromatic carbocycles. The van der Waals surface area contributed by atoms with Crippen LogP contribution < -0.4 is 4.74 Å². The van der Waals surface area contributed by atoms with Crippen molar-refractivity contribution in [3.05, 3.63) is 102 Å². The third-order valence-corrected chi connectivity index (χ3v) is 5.83. The Labute approximate surface area is 181 Å². The molecule has 2 aromatic heterocycles. The number of aliphatic hydroxyl groups excluding tert-OH is 1. The summed E-state index contributed by atoms with van der Waals surface area (Å²) < 4.78 is 11.8. The molecule has 5 nitrogen and oxygen atoms in total. The van der Waals surface area contributed by atoms with Gasteiger partial charge in [0, 0.05) is 6.20 Å².